The van der Waals surface area contributed by atoms with E-state index >= 15 is 0 Å². The molecular weight excluding hydrogens is 1230 g/mol. The van der Waals surface area contributed by atoms with E-state index in [0.717, 1.165) is 115 Å². The first-order valence-corrected chi connectivity index (χ1v) is 42.0. The van der Waals surface area contributed by atoms with Gasteiger partial charge in [0.05, 0.1) is 26.4 Å². The fraction of sp³-hybridized carbons (Fsp3) is 0.947. The van der Waals surface area contributed by atoms with Crippen LogP contribution in [0.15, 0.2) is 0 Å². The van der Waals surface area contributed by atoms with E-state index in [1.807, 2.05) is 0 Å². The molecule has 0 aliphatic rings. The second kappa shape index (κ2) is 66.9. The summed E-state index contributed by atoms with van der Waals surface area (Å²) in [6.07, 6.45) is 54.2. The molecule has 0 rings (SSSR count). The Morgan fingerprint density at radius 3 is 0.809 bits per heavy atom. The van der Waals surface area contributed by atoms with Crippen molar-refractivity contribution in [3.05, 3.63) is 0 Å². The Morgan fingerprint density at radius 1 is 0.309 bits per heavy atom. The second-order valence-electron chi connectivity index (χ2n) is 27.8. The maximum atomic E-state index is 13.1. The fourth-order valence-corrected chi connectivity index (χ4v) is 13.0. The molecule has 0 radical (unpaired) electrons. The van der Waals surface area contributed by atoms with Crippen LogP contribution < -0.4 is 0 Å². The molecule has 0 fully saturated rings. The lowest BCUT2D eigenvalue weighted by atomic mass is 9.99. The van der Waals surface area contributed by atoms with Gasteiger partial charge in [0.25, 0.3) is 0 Å². The molecule has 3 N–H and O–H groups in total. The third-order valence-electron chi connectivity index (χ3n) is 17.8. The standard InChI is InChI=1S/C75H146O17P2/c1-7-10-12-14-16-17-18-28-35-41-47-53-59-74(79)91-70(63-85-72(77)57-51-45-37-15-13-11-8-2)65-89-93(81,82)87-61-69(76)62-88-94(83,84)90-66-71(64-86-73(78)58-52-46-40-34-31-30-33-39-44-50-56-68(6)9-3)92-75(80)60-54-48-42-36-29-26-24-22-20-19-21-23-25-27-32-38-43-49-55-67(4)5/h67-71,76H,7-66H2,1-6H3,(H,81,82)(H,83,84)/t68?,69-,70+,71+/m0/s1. The Kier molecular flexibility index (Phi) is 65.5. The highest BCUT2D eigenvalue weighted by Crippen LogP contribution is 2.45. The molecule has 0 aliphatic carbocycles. The summed E-state index contributed by atoms with van der Waals surface area (Å²) in [4.78, 5) is 72.6. The van der Waals surface area contributed by atoms with Crippen LogP contribution in [-0.2, 0) is 65.4 Å². The molecule has 0 bridgehead atoms. The zero-order valence-corrected chi connectivity index (χ0v) is 63.1. The maximum Gasteiger partial charge on any atom is 0.472 e. The van der Waals surface area contributed by atoms with E-state index in [0.29, 0.717) is 25.7 Å². The van der Waals surface area contributed by atoms with Crippen LogP contribution in [0.25, 0.3) is 0 Å². The largest absolute Gasteiger partial charge is 0.472 e. The number of hydrogen-bond donors (Lipinski definition) is 3. The molecule has 6 atom stereocenters. The molecule has 17 nitrogen and oxygen atoms in total. The fourth-order valence-electron chi connectivity index (χ4n) is 11.4. The Labute approximate surface area is 575 Å². The molecule has 0 saturated carbocycles. The van der Waals surface area contributed by atoms with Gasteiger partial charge >= 0.3 is 39.5 Å². The first-order chi connectivity index (χ1) is 45.4. The summed E-state index contributed by atoms with van der Waals surface area (Å²) < 4.78 is 68.4. The molecule has 0 aromatic carbocycles. The van der Waals surface area contributed by atoms with E-state index in [2.05, 4.69) is 41.5 Å². The van der Waals surface area contributed by atoms with Crippen LogP contribution in [0.5, 0.6) is 0 Å². The summed E-state index contributed by atoms with van der Waals surface area (Å²) >= 11 is 0. The lowest BCUT2D eigenvalue weighted by Gasteiger charge is -2.21. The Bertz CT molecular complexity index is 1820. The van der Waals surface area contributed by atoms with Crippen molar-refractivity contribution in [3.63, 3.8) is 0 Å². The first-order valence-electron chi connectivity index (χ1n) is 39.0. The van der Waals surface area contributed by atoms with Gasteiger partial charge in [0.1, 0.15) is 19.3 Å². The maximum absolute atomic E-state index is 13.1. The van der Waals surface area contributed by atoms with Crippen LogP contribution in [0.2, 0.25) is 0 Å². The van der Waals surface area contributed by atoms with Gasteiger partial charge in [-0.3, -0.25) is 37.3 Å². The van der Waals surface area contributed by atoms with E-state index < -0.39 is 97.5 Å². The SMILES string of the molecule is CCCCCCCCCCCCCCC(=O)O[C@H](COC(=O)CCCCCCCCC)COP(=O)(O)OC[C@H](O)COP(=O)(O)OC[C@@H](COC(=O)CCCCCCCCCCCCC(C)CC)OC(=O)CCCCCCCCCCCCCCCCCCCCC(C)C. The summed E-state index contributed by atoms with van der Waals surface area (Å²) in [5.41, 5.74) is 0. The van der Waals surface area contributed by atoms with Gasteiger partial charge in [0, 0.05) is 25.7 Å². The number of phosphoric acid groups is 2. The van der Waals surface area contributed by atoms with Crippen LogP contribution >= 0.6 is 15.6 Å². The molecule has 0 heterocycles. The van der Waals surface area contributed by atoms with Crippen molar-refractivity contribution in [1.29, 1.82) is 0 Å². The van der Waals surface area contributed by atoms with Gasteiger partial charge in [-0.25, -0.2) is 9.13 Å². The minimum atomic E-state index is -4.96. The number of hydrogen-bond acceptors (Lipinski definition) is 15. The van der Waals surface area contributed by atoms with Crippen molar-refractivity contribution in [2.75, 3.05) is 39.6 Å². The minimum absolute atomic E-state index is 0.107. The van der Waals surface area contributed by atoms with Gasteiger partial charge in [0.2, 0.25) is 0 Å². The number of aliphatic hydroxyl groups excluding tert-OH is 1. The van der Waals surface area contributed by atoms with Gasteiger partial charge in [-0.05, 0) is 37.5 Å². The van der Waals surface area contributed by atoms with Crippen molar-refractivity contribution in [2.24, 2.45) is 11.8 Å². The summed E-state index contributed by atoms with van der Waals surface area (Å²) in [5.74, 6) is -0.491. The van der Waals surface area contributed by atoms with E-state index in [1.165, 1.54) is 193 Å². The molecule has 0 saturated heterocycles. The Balaban J connectivity index is 5.17. The third-order valence-corrected chi connectivity index (χ3v) is 19.7. The number of aliphatic hydroxyl groups is 1. The van der Waals surface area contributed by atoms with E-state index in [4.69, 9.17) is 37.0 Å². The van der Waals surface area contributed by atoms with Gasteiger partial charge in [-0.15, -0.1) is 0 Å². The van der Waals surface area contributed by atoms with E-state index in [9.17, 15) is 43.2 Å². The summed E-state index contributed by atoms with van der Waals surface area (Å²) in [7, 11) is -9.90. The topological polar surface area (TPSA) is 237 Å². The molecule has 0 aromatic heterocycles. The highest BCUT2D eigenvalue weighted by Gasteiger charge is 2.30. The molecule has 0 aromatic rings. The van der Waals surface area contributed by atoms with Gasteiger partial charge in [-0.2, -0.15) is 0 Å². The summed E-state index contributed by atoms with van der Waals surface area (Å²) in [5, 5.41) is 10.6. The van der Waals surface area contributed by atoms with Crippen LogP contribution in [0.4, 0.5) is 0 Å². The lowest BCUT2D eigenvalue weighted by molar-refractivity contribution is -0.161. The molecule has 558 valence electrons. The van der Waals surface area contributed by atoms with E-state index in [1.54, 1.807) is 0 Å². The third kappa shape index (κ3) is 67.3. The average Bonchev–Trinajstić information content (AvgIpc) is 1.19. The first kappa shape index (κ1) is 92.1. The Hall–Kier alpha value is -1.94. The number of carbonyl (C=O) groups excluding carboxylic acids is 4. The predicted molar refractivity (Wildman–Crippen MR) is 381 cm³/mol. The number of rotatable bonds is 74. The monoisotopic (exact) mass is 1380 g/mol. The number of unbranched alkanes of at least 4 members (excludes halogenated alkanes) is 43. The number of ether oxygens (including phenoxy) is 4. The van der Waals surface area contributed by atoms with Crippen molar-refractivity contribution < 1.29 is 80.2 Å². The minimum Gasteiger partial charge on any atom is -0.462 e. The molecule has 0 spiro atoms. The summed E-state index contributed by atoms with van der Waals surface area (Å²) in [6.45, 7) is 9.61. The Morgan fingerprint density at radius 2 is 0.543 bits per heavy atom. The van der Waals surface area contributed by atoms with Crippen LogP contribution in [0.1, 0.15) is 388 Å². The molecule has 19 heteroatoms. The zero-order valence-electron chi connectivity index (χ0n) is 61.3. The highest BCUT2D eigenvalue weighted by molar-refractivity contribution is 7.47. The normalized spacial score (nSPS) is 14.3. The predicted octanol–water partition coefficient (Wildman–Crippen LogP) is 21.9. The molecule has 0 amide bonds. The smallest absolute Gasteiger partial charge is 0.462 e. The summed E-state index contributed by atoms with van der Waals surface area (Å²) in [6, 6.07) is 0. The highest BCUT2D eigenvalue weighted by atomic mass is 31.2. The quantitative estimate of drug-likeness (QED) is 0.0222. The van der Waals surface area contributed by atoms with Gasteiger partial charge in [-0.1, -0.05) is 337 Å². The van der Waals surface area contributed by atoms with Crippen LogP contribution in [0, 0.1) is 11.8 Å². The van der Waals surface area contributed by atoms with Crippen molar-refractivity contribution >= 4 is 39.5 Å². The number of esters is 4. The van der Waals surface area contributed by atoms with Crippen LogP contribution in [0.3, 0.4) is 0 Å². The van der Waals surface area contributed by atoms with Crippen molar-refractivity contribution in [1.82, 2.24) is 0 Å². The van der Waals surface area contributed by atoms with Crippen LogP contribution in [-0.4, -0.2) is 96.7 Å². The van der Waals surface area contributed by atoms with Crippen molar-refractivity contribution in [2.45, 2.75) is 407 Å². The van der Waals surface area contributed by atoms with E-state index in [-0.39, 0.29) is 25.7 Å². The number of carbonyl (C=O) groups is 4. The molecule has 3 unspecified atom stereocenters. The lowest BCUT2D eigenvalue weighted by Crippen LogP contribution is -2.30. The zero-order chi connectivity index (χ0) is 69.3. The molecule has 0 aliphatic heterocycles. The number of phosphoric ester groups is 2. The average molecular weight is 1380 g/mol. The molecular formula is C75H146O17P2. The van der Waals surface area contributed by atoms with Gasteiger partial charge < -0.3 is 33.8 Å². The van der Waals surface area contributed by atoms with Gasteiger partial charge in [0.15, 0.2) is 12.2 Å². The molecule has 94 heavy (non-hydrogen) atoms. The van der Waals surface area contributed by atoms with Crippen molar-refractivity contribution in [3.8, 4) is 0 Å². The second-order valence-corrected chi connectivity index (χ2v) is 30.7.